The molecule has 0 fully saturated rings. The summed E-state index contributed by atoms with van der Waals surface area (Å²) in [7, 11) is 0. The molecule has 0 atom stereocenters. The molecule has 0 radical (unpaired) electrons. The second kappa shape index (κ2) is 7.58. The molecule has 1 aliphatic heterocycles. The lowest BCUT2D eigenvalue weighted by molar-refractivity contribution is -0.178. The summed E-state index contributed by atoms with van der Waals surface area (Å²) in [5.74, 6) is -3.88. The van der Waals surface area contributed by atoms with Crippen molar-refractivity contribution in [1.29, 1.82) is 0 Å². The molecule has 0 aromatic carbocycles. The molecule has 8 nitrogen and oxygen atoms in total. The van der Waals surface area contributed by atoms with Gasteiger partial charge in [-0.05, 0) is 20.8 Å². The highest BCUT2D eigenvalue weighted by Crippen LogP contribution is 2.35. The Morgan fingerprint density at radius 3 is 2.00 bits per heavy atom. The van der Waals surface area contributed by atoms with E-state index in [4.69, 9.17) is 18.9 Å². The molecule has 0 saturated heterocycles. The van der Waals surface area contributed by atoms with Crippen LogP contribution in [0.15, 0.2) is 11.6 Å². The largest absolute Gasteiger partial charge is 0.465 e. The normalized spacial score (nSPS) is 16.1. The number of hydrogen-bond donors (Lipinski definition) is 0. The van der Waals surface area contributed by atoms with Gasteiger partial charge < -0.3 is 18.9 Å². The standard InChI is InChI=1S/C14H18O8/c1-4-19-11(16)9-7-10(15)22-8-14(9,12(17)20-5-2)13(18)21-6-3/h7H,4-6,8H2,1-3H3. The molecule has 0 amide bonds. The van der Waals surface area contributed by atoms with Gasteiger partial charge in [-0.15, -0.1) is 0 Å². The first-order valence-electron chi connectivity index (χ1n) is 6.84. The Bertz CT molecular complexity index is 487. The summed E-state index contributed by atoms with van der Waals surface area (Å²) >= 11 is 0. The monoisotopic (exact) mass is 314 g/mol. The predicted octanol–water partition coefficient (Wildman–Crippen LogP) is 0.145. The molecule has 0 bridgehead atoms. The van der Waals surface area contributed by atoms with Crippen molar-refractivity contribution in [3.8, 4) is 0 Å². The van der Waals surface area contributed by atoms with Crippen LogP contribution < -0.4 is 0 Å². The van der Waals surface area contributed by atoms with Crippen LogP contribution in [0, 0.1) is 5.41 Å². The average Bonchev–Trinajstić information content (AvgIpc) is 2.48. The first-order chi connectivity index (χ1) is 10.4. The predicted molar refractivity (Wildman–Crippen MR) is 71.4 cm³/mol. The van der Waals surface area contributed by atoms with E-state index in [-0.39, 0.29) is 19.8 Å². The molecule has 8 heteroatoms. The zero-order valence-electron chi connectivity index (χ0n) is 12.7. The molecule has 0 unspecified atom stereocenters. The smallest absolute Gasteiger partial charge is 0.336 e. The minimum absolute atomic E-state index is 0.00690. The van der Waals surface area contributed by atoms with Crippen molar-refractivity contribution < 1.29 is 38.1 Å². The number of ether oxygens (including phenoxy) is 4. The topological polar surface area (TPSA) is 105 Å². The van der Waals surface area contributed by atoms with Crippen molar-refractivity contribution in [2.45, 2.75) is 20.8 Å². The van der Waals surface area contributed by atoms with Crippen LogP contribution in [0.4, 0.5) is 0 Å². The highest BCUT2D eigenvalue weighted by Gasteiger charge is 2.58. The first kappa shape index (κ1) is 17.7. The van der Waals surface area contributed by atoms with E-state index >= 15 is 0 Å². The summed E-state index contributed by atoms with van der Waals surface area (Å²) in [4.78, 5) is 48.1. The molecule has 122 valence electrons. The van der Waals surface area contributed by atoms with Crippen LogP contribution in [0.1, 0.15) is 20.8 Å². The van der Waals surface area contributed by atoms with Crippen LogP contribution >= 0.6 is 0 Å². The van der Waals surface area contributed by atoms with Gasteiger partial charge in [0, 0.05) is 6.08 Å². The van der Waals surface area contributed by atoms with E-state index in [0.29, 0.717) is 0 Å². The third-order valence-electron chi connectivity index (χ3n) is 2.90. The Morgan fingerprint density at radius 1 is 1.05 bits per heavy atom. The van der Waals surface area contributed by atoms with Gasteiger partial charge in [0.05, 0.1) is 25.4 Å². The molecule has 1 aliphatic rings. The summed E-state index contributed by atoms with van der Waals surface area (Å²) in [6, 6.07) is 0. The number of esters is 4. The molecule has 0 aromatic heterocycles. The summed E-state index contributed by atoms with van der Waals surface area (Å²) in [6.07, 6.45) is 0.759. The minimum atomic E-state index is -2.16. The molecular weight excluding hydrogens is 296 g/mol. The first-order valence-corrected chi connectivity index (χ1v) is 6.84. The number of rotatable bonds is 6. The van der Waals surface area contributed by atoms with E-state index in [1.165, 1.54) is 0 Å². The van der Waals surface area contributed by atoms with Crippen LogP contribution in [-0.2, 0) is 38.1 Å². The molecule has 0 saturated carbocycles. The quantitative estimate of drug-likeness (QED) is 0.387. The fraction of sp³-hybridized carbons (Fsp3) is 0.571. The lowest BCUT2D eigenvalue weighted by Gasteiger charge is -2.31. The fourth-order valence-electron chi connectivity index (χ4n) is 1.91. The van der Waals surface area contributed by atoms with Crippen LogP contribution in [-0.4, -0.2) is 50.3 Å². The maximum atomic E-state index is 12.3. The summed E-state index contributed by atoms with van der Waals surface area (Å²) in [5, 5.41) is 0. The molecule has 0 spiro atoms. The van der Waals surface area contributed by atoms with E-state index in [1.807, 2.05) is 0 Å². The number of cyclic esters (lactones) is 1. The van der Waals surface area contributed by atoms with Crippen molar-refractivity contribution in [1.82, 2.24) is 0 Å². The Labute approximate surface area is 127 Å². The molecular formula is C14H18O8. The van der Waals surface area contributed by atoms with Gasteiger partial charge in [0.2, 0.25) is 5.41 Å². The zero-order valence-corrected chi connectivity index (χ0v) is 12.7. The summed E-state index contributed by atoms with van der Waals surface area (Å²) < 4.78 is 19.3. The molecule has 1 heterocycles. The van der Waals surface area contributed by atoms with Gasteiger partial charge in [-0.25, -0.2) is 9.59 Å². The highest BCUT2D eigenvalue weighted by molar-refractivity contribution is 6.15. The third kappa shape index (κ3) is 3.26. The van der Waals surface area contributed by atoms with Gasteiger partial charge in [-0.3, -0.25) is 9.59 Å². The Morgan fingerprint density at radius 2 is 1.55 bits per heavy atom. The maximum absolute atomic E-state index is 12.3. The number of hydrogen-bond acceptors (Lipinski definition) is 8. The molecule has 0 aromatic rings. The van der Waals surface area contributed by atoms with Gasteiger partial charge in [-0.1, -0.05) is 0 Å². The molecule has 0 aliphatic carbocycles. The van der Waals surface area contributed by atoms with Crippen molar-refractivity contribution >= 4 is 23.9 Å². The molecule has 1 rings (SSSR count). The minimum Gasteiger partial charge on any atom is -0.465 e. The van der Waals surface area contributed by atoms with E-state index in [1.54, 1.807) is 20.8 Å². The third-order valence-corrected chi connectivity index (χ3v) is 2.90. The lowest BCUT2D eigenvalue weighted by Crippen LogP contribution is -2.51. The number of carbonyl (C=O) groups excluding carboxylic acids is 4. The van der Waals surface area contributed by atoms with Gasteiger partial charge in [-0.2, -0.15) is 0 Å². The van der Waals surface area contributed by atoms with E-state index in [0.717, 1.165) is 6.08 Å². The Hall–Kier alpha value is -2.38. The Balaban J connectivity index is 3.40. The van der Waals surface area contributed by atoms with Gasteiger partial charge >= 0.3 is 23.9 Å². The van der Waals surface area contributed by atoms with Crippen LogP contribution in [0.5, 0.6) is 0 Å². The average molecular weight is 314 g/mol. The van der Waals surface area contributed by atoms with E-state index < -0.39 is 41.5 Å². The van der Waals surface area contributed by atoms with E-state index in [2.05, 4.69) is 0 Å². The van der Waals surface area contributed by atoms with Crippen LogP contribution in [0.3, 0.4) is 0 Å². The summed E-state index contributed by atoms with van der Waals surface area (Å²) in [6.45, 7) is 3.92. The van der Waals surface area contributed by atoms with Crippen molar-refractivity contribution in [2.24, 2.45) is 5.41 Å². The second-order valence-corrected chi connectivity index (χ2v) is 4.23. The molecule has 0 N–H and O–H groups in total. The van der Waals surface area contributed by atoms with Crippen molar-refractivity contribution in [3.05, 3.63) is 11.6 Å². The fourth-order valence-corrected chi connectivity index (χ4v) is 1.91. The van der Waals surface area contributed by atoms with Crippen molar-refractivity contribution in [2.75, 3.05) is 26.4 Å². The van der Waals surface area contributed by atoms with Crippen LogP contribution in [0.25, 0.3) is 0 Å². The van der Waals surface area contributed by atoms with Crippen LogP contribution in [0.2, 0.25) is 0 Å². The second-order valence-electron chi connectivity index (χ2n) is 4.23. The summed E-state index contributed by atoms with van der Waals surface area (Å²) in [5.41, 5.74) is -2.60. The SMILES string of the molecule is CCOC(=O)C1=CC(=O)OCC1(C(=O)OCC)C(=O)OCC. The molecule has 22 heavy (non-hydrogen) atoms. The maximum Gasteiger partial charge on any atom is 0.336 e. The lowest BCUT2D eigenvalue weighted by atomic mass is 9.79. The van der Waals surface area contributed by atoms with Gasteiger partial charge in [0.25, 0.3) is 0 Å². The van der Waals surface area contributed by atoms with E-state index in [9.17, 15) is 19.2 Å². The van der Waals surface area contributed by atoms with Gasteiger partial charge in [0.15, 0.2) is 0 Å². The Kier molecular flexibility index (Phi) is 6.09. The zero-order chi connectivity index (χ0) is 16.8. The van der Waals surface area contributed by atoms with Crippen molar-refractivity contribution in [3.63, 3.8) is 0 Å². The van der Waals surface area contributed by atoms with Gasteiger partial charge in [0.1, 0.15) is 6.61 Å². The highest BCUT2D eigenvalue weighted by atomic mass is 16.6. The number of carbonyl (C=O) groups is 4.